The van der Waals surface area contributed by atoms with E-state index in [4.69, 9.17) is 14.8 Å². The van der Waals surface area contributed by atoms with E-state index in [0.717, 1.165) is 56.0 Å². The van der Waals surface area contributed by atoms with Crippen LogP contribution < -0.4 is 10.1 Å². The van der Waals surface area contributed by atoms with E-state index in [1.807, 2.05) is 25.1 Å². The molecule has 0 radical (unpaired) electrons. The third-order valence-electron chi connectivity index (χ3n) is 6.24. The van der Waals surface area contributed by atoms with Gasteiger partial charge in [0.1, 0.15) is 12.4 Å². The zero-order valence-corrected chi connectivity index (χ0v) is 17.6. The largest absolute Gasteiger partial charge is 0.491 e. The van der Waals surface area contributed by atoms with Crippen molar-refractivity contribution in [3.8, 4) is 5.75 Å². The van der Waals surface area contributed by atoms with Crippen molar-refractivity contribution in [1.29, 1.82) is 0 Å². The van der Waals surface area contributed by atoms with Crippen LogP contribution in [0, 0.1) is 6.92 Å². The van der Waals surface area contributed by atoms with Crippen molar-refractivity contribution >= 4 is 5.91 Å². The first-order valence-corrected chi connectivity index (χ1v) is 10.9. The normalized spacial score (nSPS) is 24.6. The summed E-state index contributed by atoms with van der Waals surface area (Å²) in [5.74, 6) is 1.12. The fraction of sp³-hybridized carbons (Fsp3) is 0.500. The van der Waals surface area contributed by atoms with E-state index in [-0.39, 0.29) is 24.0 Å². The van der Waals surface area contributed by atoms with Gasteiger partial charge in [0, 0.05) is 43.4 Å². The lowest BCUT2D eigenvalue weighted by Crippen LogP contribution is -2.52. The third-order valence-corrected chi connectivity index (χ3v) is 6.24. The van der Waals surface area contributed by atoms with Crippen molar-refractivity contribution in [2.45, 2.75) is 50.6 Å². The summed E-state index contributed by atoms with van der Waals surface area (Å²) < 4.78 is 5.46. The van der Waals surface area contributed by atoms with Crippen LogP contribution in [0.15, 0.2) is 42.5 Å². The number of likely N-dealkylation sites (tertiary alicyclic amines) is 1. The summed E-state index contributed by atoms with van der Waals surface area (Å²) in [7, 11) is 0. The standard InChI is InChI=1S/C24H31N3O3/c1-18-5-4-6-22(25-18)21-16-27(17-24(21)12-3-2-7-23(29)26-24)15-19-8-10-20(11-9-19)30-14-13-28/h4-6,8-11,21,28H,2-3,7,12-17H2,1H3,(H,26,29)/t21-,24+/m0/s1. The average Bonchev–Trinajstić information content (AvgIpc) is 2.96. The number of carbonyl (C=O) groups is 1. The first-order valence-electron chi connectivity index (χ1n) is 10.9. The molecule has 2 saturated heterocycles. The quantitative estimate of drug-likeness (QED) is 0.767. The van der Waals surface area contributed by atoms with Gasteiger partial charge in [0.05, 0.1) is 12.1 Å². The molecule has 6 nitrogen and oxygen atoms in total. The van der Waals surface area contributed by atoms with Gasteiger partial charge in [-0.25, -0.2) is 0 Å². The summed E-state index contributed by atoms with van der Waals surface area (Å²) in [6.45, 7) is 4.87. The van der Waals surface area contributed by atoms with Gasteiger partial charge < -0.3 is 15.2 Å². The van der Waals surface area contributed by atoms with Gasteiger partial charge in [0.25, 0.3) is 0 Å². The number of benzene rings is 1. The van der Waals surface area contributed by atoms with Crippen LogP contribution in [-0.2, 0) is 11.3 Å². The van der Waals surface area contributed by atoms with Crippen molar-refractivity contribution in [2.24, 2.45) is 0 Å². The number of nitrogens with one attached hydrogen (secondary N) is 1. The maximum absolute atomic E-state index is 12.5. The van der Waals surface area contributed by atoms with E-state index in [0.29, 0.717) is 13.0 Å². The van der Waals surface area contributed by atoms with Gasteiger partial charge in [-0.1, -0.05) is 24.6 Å². The molecule has 2 fully saturated rings. The molecule has 0 aliphatic carbocycles. The van der Waals surface area contributed by atoms with Gasteiger partial charge in [-0.2, -0.15) is 0 Å². The number of rotatable bonds is 6. The van der Waals surface area contributed by atoms with E-state index in [2.05, 4.69) is 34.5 Å². The molecule has 1 amide bonds. The van der Waals surface area contributed by atoms with Crippen molar-refractivity contribution in [3.63, 3.8) is 0 Å². The van der Waals surface area contributed by atoms with E-state index < -0.39 is 0 Å². The van der Waals surface area contributed by atoms with Crippen LogP contribution in [0.5, 0.6) is 5.75 Å². The molecule has 2 N–H and O–H groups in total. The second kappa shape index (κ2) is 9.14. The zero-order valence-electron chi connectivity index (χ0n) is 17.6. The number of aryl methyl sites for hydroxylation is 1. The summed E-state index contributed by atoms with van der Waals surface area (Å²) in [4.78, 5) is 19.8. The highest BCUT2D eigenvalue weighted by atomic mass is 16.5. The predicted molar refractivity (Wildman–Crippen MR) is 115 cm³/mol. The minimum atomic E-state index is -0.251. The van der Waals surface area contributed by atoms with Crippen LogP contribution in [0.2, 0.25) is 0 Å². The second-order valence-corrected chi connectivity index (χ2v) is 8.55. The monoisotopic (exact) mass is 409 g/mol. The Morgan fingerprint density at radius 2 is 2.07 bits per heavy atom. The lowest BCUT2D eigenvalue weighted by atomic mass is 9.81. The number of amides is 1. The Labute approximate surface area is 178 Å². The lowest BCUT2D eigenvalue weighted by molar-refractivity contribution is -0.122. The fourth-order valence-electron chi connectivity index (χ4n) is 4.88. The molecule has 6 heteroatoms. The van der Waals surface area contributed by atoms with Gasteiger partial charge in [0.2, 0.25) is 5.91 Å². The Hall–Kier alpha value is -2.44. The molecule has 3 heterocycles. The topological polar surface area (TPSA) is 74.7 Å². The third kappa shape index (κ3) is 4.65. The Bertz CT molecular complexity index is 870. The summed E-state index contributed by atoms with van der Waals surface area (Å²) in [5, 5.41) is 12.3. The maximum atomic E-state index is 12.5. The molecule has 160 valence electrons. The summed E-state index contributed by atoms with van der Waals surface area (Å²) in [6, 6.07) is 14.2. The van der Waals surface area contributed by atoms with Crippen molar-refractivity contribution in [2.75, 3.05) is 26.3 Å². The number of carbonyl (C=O) groups excluding carboxylic acids is 1. The number of nitrogens with zero attached hydrogens (tertiary/aromatic N) is 2. The van der Waals surface area contributed by atoms with Gasteiger partial charge >= 0.3 is 0 Å². The number of aliphatic hydroxyl groups excluding tert-OH is 1. The number of aliphatic hydroxyl groups is 1. The van der Waals surface area contributed by atoms with Gasteiger partial charge in [-0.15, -0.1) is 0 Å². The molecular weight excluding hydrogens is 378 g/mol. The molecule has 30 heavy (non-hydrogen) atoms. The highest BCUT2D eigenvalue weighted by Gasteiger charge is 2.49. The van der Waals surface area contributed by atoms with E-state index in [9.17, 15) is 4.79 Å². The molecule has 2 aliphatic rings. The van der Waals surface area contributed by atoms with Crippen molar-refractivity contribution in [1.82, 2.24) is 15.2 Å². The number of pyridine rings is 1. The molecule has 1 spiro atoms. The molecule has 0 saturated carbocycles. The van der Waals surface area contributed by atoms with E-state index >= 15 is 0 Å². The molecule has 4 rings (SSSR count). The highest BCUT2D eigenvalue weighted by Crippen LogP contribution is 2.40. The number of hydrogen-bond acceptors (Lipinski definition) is 5. The fourth-order valence-corrected chi connectivity index (χ4v) is 4.88. The zero-order chi connectivity index (χ0) is 21.0. The molecule has 2 aromatic rings. The first-order chi connectivity index (χ1) is 14.6. The average molecular weight is 410 g/mol. The second-order valence-electron chi connectivity index (χ2n) is 8.55. The van der Waals surface area contributed by atoms with Crippen LogP contribution in [0.4, 0.5) is 0 Å². The van der Waals surface area contributed by atoms with Crippen LogP contribution in [0.3, 0.4) is 0 Å². The first kappa shape index (κ1) is 20.8. The van der Waals surface area contributed by atoms with E-state index in [1.54, 1.807) is 0 Å². The smallest absolute Gasteiger partial charge is 0.220 e. The van der Waals surface area contributed by atoms with Gasteiger partial charge in [0.15, 0.2) is 0 Å². The van der Waals surface area contributed by atoms with Crippen LogP contribution in [0.1, 0.15) is 48.6 Å². The number of hydrogen-bond donors (Lipinski definition) is 2. The maximum Gasteiger partial charge on any atom is 0.220 e. The summed E-state index contributed by atoms with van der Waals surface area (Å²) >= 11 is 0. The summed E-state index contributed by atoms with van der Waals surface area (Å²) in [5.41, 5.74) is 3.05. The van der Waals surface area contributed by atoms with Gasteiger partial charge in [-0.05, 0) is 49.6 Å². The summed E-state index contributed by atoms with van der Waals surface area (Å²) in [6.07, 6.45) is 3.62. The molecule has 0 bridgehead atoms. The molecule has 1 aromatic carbocycles. The molecule has 2 aliphatic heterocycles. The van der Waals surface area contributed by atoms with Crippen LogP contribution in [0.25, 0.3) is 0 Å². The predicted octanol–water partition coefficient (Wildman–Crippen LogP) is 2.79. The van der Waals surface area contributed by atoms with Crippen molar-refractivity contribution in [3.05, 3.63) is 59.4 Å². The molecule has 2 atom stereocenters. The van der Waals surface area contributed by atoms with Crippen LogP contribution in [-0.4, -0.2) is 52.7 Å². The molecular formula is C24H31N3O3. The minimum absolute atomic E-state index is 0.0116. The Morgan fingerprint density at radius 1 is 1.23 bits per heavy atom. The molecule has 1 aromatic heterocycles. The number of aromatic nitrogens is 1. The Morgan fingerprint density at radius 3 is 2.83 bits per heavy atom. The van der Waals surface area contributed by atoms with E-state index in [1.165, 1.54) is 5.56 Å². The Balaban J connectivity index is 1.55. The van der Waals surface area contributed by atoms with Gasteiger partial charge in [-0.3, -0.25) is 14.7 Å². The van der Waals surface area contributed by atoms with Crippen LogP contribution >= 0.6 is 0 Å². The minimum Gasteiger partial charge on any atom is -0.491 e. The Kier molecular flexibility index (Phi) is 6.35. The highest BCUT2D eigenvalue weighted by molar-refractivity contribution is 5.77. The van der Waals surface area contributed by atoms with Crippen molar-refractivity contribution < 1.29 is 14.6 Å². The molecule has 0 unspecified atom stereocenters. The lowest BCUT2D eigenvalue weighted by Gasteiger charge is -2.34. The number of ether oxygens (including phenoxy) is 1. The SMILES string of the molecule is Cc1cccc([C@@H]2CN(Cc3ccc(OCCO)cc3)C[C@]23CCCCC(=O)N3)n1.